The number of rotatable bonds is 10. The number of benzene rings is 3. The van der Waals surface area contributed by atoms with E-state index >= 15 is 0 Å². The fourth-order valence-corrected chi connectivity index (χ4v) is 5.64. The van der Waals surface area contributed by atoms with Gasteiger partial charge in [-0.1, -0.05) is 72.8 Å². The normalized spacial score (nSPS) is 15.8. The van der Waals surface area contributed by atoms with Crippen molar-refractivity contribution in [2.45, 2.75) is 37.6 Å². The van der Waals surface area contributed by atoms with Gasteiger partial charge in [-0.25, -0.2) is 0 Å². The number of alkyl halides is 3. The molecule has 3 aromatic carbocycles. The third-order valence-corrected chi connectivity index (χ3v) is 8.35. The lowest BCUT2D eigenvalue weighted by Crippen LogP contribution is -2.51. The van der Waals surface area contributed by atoms with Crippen molar-refractivity contribution in [2.75, 3.05) is 27.2 Å². The standard InChI is InChI=1S/C37H37F3N4O2/c1-42(2)32-21-23-43(26-32)36(46)34(24-28-8-4-3-5-9-28)44(25-29-11-16-30(17-12-29)33-10-6-7-22-41-33)35(45)20-15-27-13-18-31(19-14-27)37(38,39)40/h3-20,22,32,34H,21,23-26H2,1-2H3/t32-,34-/m0/s1. The second-order valence-electron chi connectivity index (χ2n) is 11.7. The minimum Gasteiger partial charge on any atom is -0.339 e. The van der Waals surface area contributed by atoms with Crippen LogP contribution < -0.4 is 0 Å². The second-order valence-corrected chi connectivity index (χ2v) is 11.7. The predicted octanol–water partition coefficient (Wildman–Crippen LogP) is 6.58. The molecule has 4 aromatic rings. The van der Waals surface area contributed by atoms with Crippen molar-refractivity contribution in [1.29, 1.82) is 0 Å². The first kappa shape index (κ1) is 32.6. The molecule has 0 spiro atoms. The monoisotopic (exact) mass is 626 g/mol. The molecule has 0 saturated carbocycles. The largest absolute Gasteiger partial charge is 0.416 e. The smallest absolute Gasteiger partial charge is 0.339 e. The summed E-state index contributed by atoms with van der Waals surface area (Å²) in [7, 11) is 3.99. The Labute approximate surface area is 267 Å². The molecule has 0 aliphatic carbocycles. The van der Waals surface area contributed by atoms with Gasteiger partial charge in [0.25, 0.3) is 0 Å². The number of amides is 2. The SMILES string of the molecule is CN(C)[C@H]1CCN(C(=O)[C@H](Cc2ccccc2)N(Cc2ccc(-c3ccccn3)cc2)C(=O)C=Cc2ccc(C(F)(F)F)cc2)C1. The van der Waals surface area contributed by atoms with Crippen LogP contribution in [0.1, 0.15) is 28.7 Å². The van der Waals surface area contributed by atoms with Crippen molar-refractivity contribution >= 4 is 17.9 Å². The summed E-state index contributed by atoms with van der Waals surface area (Å²) in [5, 5.41) is 0. The molecule has 1 fully saturated rings. The van der Waals surface area contributed by atoms with Crippen LogP contribution in [0.3, 0.4) is 0 Å². The summed E-state index contributed by atoms with van der Waals surface area (Å²) in [6.07, 6.45) is 1.26. The van der Waals surface area contributed by atoms with E-state index in [0.29, 0.717) is 25.1 Å². The maximum absolute atomic E-state index is 14.3. The van der Waals surface area contributed by atoms with Crippen molar-refractivity contribution in [2.24, 2.45) is 0 Å². The number of carbonyl (C=O) groups excluding carboxylic acids is 2. The quantitative estimate of drug-likeness (QED) is 0.187. The van der Waals surface area contributed by atoms with Crippen LogP contribution in [-0.4, -0.2) is 70.8 Å². The number of likely N-dealkylation sites (N-methyl/N-ethyl adjacent to an activating group) is 1. The number of pyridine rings is 1. The average Bonchev–Trinajstić information content (AvgIpc) is 3.57. The number of aromatic nitrogens is 1. The maximum Gasteiger partial charge on any atom is 0.416 e. The Balaban J connectivity index is 1.47. The first-order valence-corrected chi connectivity index (χ1v) is 15.2. The Morgan fingerprint density at radius 3 is 2.22 bits per heavy atom. The number of nitrogens with zero attached hydrogens (tertiary/aromatic N) is 4. The number of likely N-dealkylation sites (tertiary alicyclic amines) is 1. The Morgan fingerprint density at radius 1 is 0.913 bits per heavy atom. The molecule has 238 valence electrons. The zero-order valence-electron chi connectivity index (χ0n) is 25.9. The van der Waals surface area contributed by atoms with Gasteiger partial charge in [-0.15, -0.1) is 0 Å². The minimum atomic E-state index is -4.45. The fourth-order valence-electron chi connectivity index (χ4n) is 5.64. The lowest BCUT2D eigenvalue weighted by atomic mass is 10.0. The molecule has 6 nitrogen and oxygen atoms in total. The maximum atomic E-state index is 14.3. The summed E-state index contributed by atoms with van der Waals surface area (Å²) in [4.78, 5) is 38.2. The first-order chi connectivity index (χ1) is 22.1. The molecule has 5 rings (SSSR count). The van der Waals surface area contributed by atoms with Gasteiger partial charge in [-0.2, -0.15) is 13.2 Å². The molecule has 0 N–H and O–H groups in total. The average molecular weight is 627 g/mol. The summed E-state index contributed by atoms with van der Waals surface area (Å²) in [5.41, 5.74) is 3.17. The van der Waals surface area contributed by atoms with Crippen LogP contribution in [0.5, 0.6) is 0 Å². The third-order valence-electron chi connectivity index (χ3n) is 8.35. The highest BCUT2D eigenvalue weighted by atomic mass is 19.4. The summed E-state index contributed by atoms with van der Waals surface area (Å²) < 4.78 is 39.3. The molecule has 1 aliphatic heterocycles. The molecule has 9 heteroatoms. The number of halogens is 3. The van der Waals surface area contributed by atoms with Crippen LogP contribution in [0.4, 0.5) is 13.2 Å². The molecule has 1 aromatic heterocycles. The van der Waals surface area contributed by atoms with Crippen molar-refractivity contribution in [3.63, 3.8) is 0 Å². The molecule has 0 radical (unpaired) electrons. The lowest BCUT2D eigenvalue weighted by molar-refractivity contribution is -0.143. The molecular weight excluding hydrogens is 589 g/mol. The topological polar surface area (TPSA) is 56.8 Å². The Bertz CT molecular complexity index is 1620. The molecule has 1 aliphatic rings. The van der Waals surface area contributed by atoms with E-state index in [-0.39, 0.29) is 18.5 Å². The molecule has 2 amide bonds. The van der Waals surface area contributed by atoms with E-state index in [1.54, 1.807) is 11.1 Å². The van der Waals surface area contributed by atoms with Crippen molar-refractivity contribution in [1.82, 2.24) is 19.7 Å². The Kier molecular flexibility index (Phi) is 10.3. The summed E-state index contributed by atoms with van der Waals surface area (Å²) in [6, 6.07) is 27.1. The van der Waals surface area contributed by atoms with E-state index in [4.69, 9.17) is 0 Å². The van der Waals surface area contributed by atoms with E-state index in [9.17, 15) is 22.8 Å². The van der Waals surface area contributed by atoms with Gasteiger partial charge in [0.05, 0.1) is 11.3 Å². The molecule has 46 heavy (non-hydrogen) atoms. The highest BCUT2D eigenvalue weighted by Crippen LogP contribution is 2.29. The van der Waals surface area contributed by atoms with E-state index < -0.39 is 23.7 Å². The van der Waals surface area contributed by atoms with E-state index in [2.05, 4.69) is 9.88 Å². The minimum absolute atomic E-state index is 0.130. The molecule has 2 atom stereocenters. The molecule has 0 unspecified atom stereocenters. The van der Waals surface area contributed by atoms with Crippen LogP contribution in [0.15, 0.2) is 109 Å². The van der Waals surface area contributed by atoms with Crippen molar-refractivity contribution < 1.29 is 22.8 Å². The van der Waals surface area contributed by atoms with Crippen LogP contribution in [0.2, 0.25) is 0 Å². The van der Waals surface area contributed by atoms with E-state index in [1.807, 2.05) is 91.8 Å². The number of hydrogen-bond donors (Lipinski definition) is 0. The number of hydrogen-bond acceptors (Lipinski definition) is 4. The number of carbonyl (C=O) groups is 2. The zero-order valence-corrected chi connectivity index (χ0v) is 25.9. The van der Waals surface area contributed by atoms with Gasteiger partial charge in [0, 0.05) is 49.9 Å². The van der Waals surface area contributed by atoms with Gasteiger partial charge in [-0.05, 0) is 67.5 Å². The van der Waals surface area contributed by atoms with Gasteiger partial charge >= 0.3 is 6.18 Å². The predicted molar refractivity (Wildman–Crippen MR) is 173 cm³/mol. The van der Waals surface area contributed by atoms with Gasteiger partial charge in [0.2, 0.25) is 11.8 Å². The van der Waals surface area contributed by atoms with Crippen LogP contribution >= 0.6 is 0 Å². The van der Waals surface area contributed by atoms with Gasteiger partial charge in [0.15, 0.2) is 0 Å². The fraction of sp³-hybridized carbons (Fsp3) is 0.270. The Hall–Kier alpha value is -4.76. The second kappa shape index (κ2) is 14.6. The Morgan fingerprint density at radius 2 is 1.61 bits per heavy atom. The third kappa shape index (κ3) is 8.28. The van der Waals surface area contributed by atoms with Gasteiger partial charge < -0.3 is 14.7 Å². The van der Waals surface area contributed by atoms with E-state index in [0.717, 1.165) is 40.9 Å². The van der Waals surface area contributed by atoms with E-state index in [1.165, 1.54) is 24.3 Å². The van der Waals surface area contributed by atoms with Crippen molar-refractivity contribution in [3.05, 3.63) is 132 Å². The molecule has 2 heterocycles. The highest BCUT2D eigenvalue weighted by molar-refractivity contribution is 5.96. The molecule has 0 bridgehead atoms. The first-order valence-electron chi connectivity index (χ1n) is 15.2. The summed E-state index contributed by atoms with van der Waals surface area (Å²) >= 11 is 0. The molecule has 1 saturated heterocycles. The summed E-state index contributed by atoms with van der Waals surface area (Å²) in [6.45, 7) is 1.32. The van der Waals surface area contributed by atoms with Crippen LogP contribution in [0.25, 0.3) is 17.3 Å². The zero-order chi connectivity index (χ0) is 32.7. The highest BCUT2D eigenvalue weighted by Gasteiger charge is 2.36. The lowest BCUT2D eigenvalue weighted by Gasteiger charge is -2.33. The molecular formula is C37H37F3N4O2. The van der Waals surface area contributed by atoms with Gasteiger partial charge in [0.1, 0.15) is 6.04 Å². The summed E-state index contributed by atoms with van der Waals surface area (Å²) in [5.74, 6) is -0.541. The van der Waals surface area contributed by atoms with Crippen LogP contribution in [0, 0.1) is 0 Å². The van der Waals surface area contributed by atoms with Gasteiger partial charge in [-0.3, -0.25) is 14.6 Å². The van der Waals surface area contributed by atoms with Crippen LogP contribution in [-0.2, 0) is 28.7 Å². The van der Waals surface area contributed by atoms with Crippen molar-refractivity contribution in [3.8, 4) is 11.3 Å².